The number of para-hydroxylation sites is 1. The van der Waals surface area contributed by atoms with Crippen molar-refractivity contribution < 1.29 is 9.63 Å². The number of aromatic nitrogens is 1. The van der Waals surface area contributed by atoms with E-state index in [1.807, 2.05) is 30.5 Å². The number of amides is 1. The highest BCUT2D eigenvalue weighted by molar-refractivity contribution is 5.85. The Balaban J connectivity index is 2.16. The molecule has 0 aliphatic rings. The summed E-state index contributed by atoms with van der Waals surface area (Å²) in [4.78, 5) is 19.1. The second kappa shape index (κ2) is 4.99. The monoisotopic (exact) mass is 233 g/mol. The maximum atomic E-state index is 11.4. The smallest absolute Gasteiger partial charge is 0.260 e. The number of aromatic amines is 1. The molecule has 1 amide bonds. The number of hydrogen-bond donors (Lipinski definition) is 3. The van der Waals surface area contributed by atoms with Gasteiger partial charge in [0, 0.05) is 17.1 Å². The molecule has 0 saturated carbocycles. The largest absolute Gasteiger partial charge is 0.361 e. The van der Waals surface area contributed by atoms with E-state index in [2.05, 4.69) is 15.3 Å². The summed E-state index contributed by atoms with van der Waals surface area (Å²) in [6.07, 6.45) is 2.35. The third-order valence-corrected chi connectivity index (χ3v) is 2.65. The Bertz CT molecular complexity index is 521. The SMILES string of the molecule is CONC(=O)[C@H](N)Cc1c[nH]c2ccccc12. The third-order valence-electron chi connectivity index (χ3n) is 2.65. The van der Waals surface area contributed by atoms with Crippen molar-refractivity contribution in [3.8, 4) is 0 Å². The van der Waals surface area contributed by atoms with E-state index >= 15 is 0 Å². The fourth-order valence-corrected chi connectivity index (χ4v) is 1.81. The number of carbonyl (C=O) groups excluding carboxylic acids is 1. The average Bonchev–Trinajstić information content (AvgIpc) is 2.73. The number of hydroxylamine groups is 1. The second-order valence-corrected chi connectivity index (χ2v) is 3.84. The van der Waals surface area contributed by atoms with Gasteiger partial charge in [-0.1, -0.05) is 18.2 Å². The van der Waals surface area contributed by atoms with Crippen LogP contribution in [0.3, 0.4) is 0 Å². The number of carbonyl (C=O) groups is 1. The zero-order valence-corrected chi connectivity index (χ0v) is 9.57. The lowest BCUT2D eigenvalue weighted by molar-refractivity contribution is -0.132. The number of nitrogens with two attached hydrogens (primary N) is 1. The summed E-state index contributed by atoms with van der Waals surface area (Å²) in [6.45, 7) is 0. The average molecular weight is 233 g/mol. The lowest BCUT2D eigenvalue weighted by Gasteiger charge is -2.09. The zero-order valence-electron chi connectivity index (χ0n) is 9.57. The summed E-state index contributed by atoms with van der Waals surface area (Å²) in [5.74, 6) is -0.321. The van der Waals surface area contributed by atoms with Crippen molar-refractivity contribution in [3.05, 3.63) is 36.0 Å². The van der Waals surface area contributed by atoms with E-state index in [-0.39, 0.29) is 5.91 Å². The maximum absolute atomic E-state index is 11.4. The molecule has 1 heterocycles. The van der Waals surface area contributed by atoms with E-state index in [0.29, 0.717) is 6.42 Å². The summed E-state index contributed by atoms with van der Waals surface area (Å²) in [5, 5.41) is 1.09. The molecule has 0 saturated heterocycles. The highest BCUT2D eigenvalue weighted by Gasteiger charge is 2.15. The molecule has 0 radical (unpaired) electrons. The van der Waals surface area contributed by atoms with Crippen molar-refractivity contribution in [2.45, 2.75) is 12.5 Å². The van der Waals surface area contributed by atoms with Crippen LogP contribution in [0.4, 0.5) is 0 Å². The molecule has 1 aromatic carbocycles. The van der Waals surface area contributed by atoms with Gasteiger partial charge in [-0.05, 0) is 18.1 Å². The molecular weight excluding hydrogens is 218 g/mol. The molecule has 0 unspecified atom stereocenters. The van der Waals surface area contributed by atoms with Gasteiger partial charge in [0.1, 0.15) is 0 Å². The number of benzene rings is 1. The van der Waals surface area contributed by atoms with E-state index in [1.54, 1.807) is 0 Å². The van der Waals surface area contributed by atoms with Crippen molar-refractivity contribution in [1.82, 2.24) is 10.5 Å². The Morgan fingerprint density at radius 1 is 1.53 bits per heavy atom. The minimum absolute atomic E-state index is 0.321. The van der Waals surface area contributed by atoms with Gasteiger partial charge in [-0.15, -0.1) is 0 Å². The molecule has 1 atom stereocenters. The molecule has 0 bridgehead atoms. The molecule has 1 aromatic heterocycles. The van der Waals surface area contributed by atoms with E-state index in [4.69, 9.17) is 5.73 Å². The van der Waals surface area contributed by atoms with E-state index in [0.717, 1.165) is 16.5 Å². The van der Waals surface area contributed by atoms with E-state index < -0.39 is 6.04 Å². The van der Waals surface area contributed by atoms with Crippen LogP contribution in [0.2, 0.25) is 0 Å². The van der Waals surface area contributed by atoms with Crippen LogP contribution in [-0.2, 0) is 16.1 Å². The van der Waals surface area contributed by atoms with Crippen LogP contribution >= 0.6 is 0 Å². The zero-order chi connectivity index (χ0) is 12.3. The number of fused-ring (bicyclic) bond motifs is 1. The van der Waals surface area contributed by atoms with Crippen LogP contribution in [0.1, 0.15) is 5.56 Å². The number of H-pyrrole nitrogens is 1. The van der Waals surface area contributed by atoms with E-state index in [9.17, 15) is 4.79 Å². The van der Waals surface area contributed by atoms with Crippen molar-refractivity contribution in [2.24, 2.45) is 5.73 Å². The standard InChI is InChI=1S/C12H15N3O2/c1-17-15-12(16)10(13)6-8-7-14-11-5-3-2-4-9(8)11/h2-5,7,10,14H,6,13H2,1H3,(H,15,16)/t10-/m1/s1. The lowest BCUT2D eigenvalue weighted by atomic mass is 10.1. The molecule has 17 heavy (non-hydrogen) atoms. The quantitative estimate of drug-likeness (QED) is 0.680. The Morgan fingerprint density at radius 3 is 3.06 bits per heavy atom. The summed E-state index contributed by atoms with van der Waals surface area (Å²) in [7, 11) is 1.39. The molecule has 5 nitrogen and oxygen atoms in total. The van der Waals surface area contributed by atoms with Gasteiger partial charge in [0.15, 0.2) is 0 Å². The van der Waals surface area contributed by atoms with Gasteiger partial charge >= 0.3 is 0 Å². The first-order valence-corrected chi connectivity index (χ1v) is 5.36. The predicted molar refractivity (Wildman–Crippen MR) is 65.1 cm³/mol. The number of nitrogens with one attached hydrogen (secondary N) is 2. The molecule has 0 spiro atoms. The molecule has 0 aliphatic heterocycles. The van der Waals surface area contributed by atoms with E-state index in [1.165, 1.54) is 7.11 Å². The van der Waals surface area contributed by atoms with Crippen LogP contribution in [0.15, 0.2) is 30.5 Å². The second-order valence-electron chi connectivity index (χ2n) is 3.84. The molecule has 90 valence electrons. The van der Waals surface area contributed by atoms with Crippen molar-refractivity contribution in [3.63, 3.8) is 0 Å². The fourth-order valence-electron chi connectivity index (χ4n) is 1.81. The van der Waals surface area contributed by atoms with Crippen molar-refractivity contribution >= 4 is 16.8 Å². The van der Waals surface area contributed by atoms with Crippen LogP contribution in [0.25, 0.3) is 10.9 Å². The van der Waals surface area contributed by atoms with Crippen LogP contribution < -0.4 is 11.2 Å². The Kier molecular flexibility index (Phi) is 3.41. The minimum Gasteiger partial charge on any atom is -0.361 e. The fraction of sp³-hybridized carbons (Fsp3) is 0.250. The highest BCUT2D eigenvalue weighted by atomic mass is 16.6. The van der Waals surface area contributed by atoms with Crippen molar-refractivity contribution in [2.75, 3.05) is 7.11 Å². The normalized spacial score (nSPS) is 12.6. The van der Waals surface area contributed by atoms with Gasteiger partial charge in [0.05, 0.1) is 13.2 Å². The molecule has 2 rings (SSSR count). The van der Waals surface area contributed by atoms with Crippen LogP contribution in [0, 0.1) is 0 Å². The summed E-state index contributed by atoms with van der Waals surface area (Å²) in [6, 6.07) is 7.29. The Hall–Kier alpha value is -1.85. The van der Waals surface area contributed by atoms with Gasteiger partial charge in [0.2, 0.25) is 0 Å². The van der Waals surface area contributed by atoms with Crippen LogP contribution in [0.5, 0.6) is 0 Å². The predicted octanol–water partition coefficient (Wildman–Crippen LogP) is 0.715. The molecule has 0 fully saturated rings. The van der Waals surface area contributed by atoms with Crippen LogP contribution in [-0.4, -0.2) is 24.0 Å². The summed E-state index contributed by atoms with van der Waals surface area (Å²) in [5.41, 5.74) is 10.1. The maximum Gasteiger partial charge on any atom is 0.260 e. The molecule has 4 N–H and O–H groups in total. The van der Waals surface area contributed by atoms with Gasteiger partial charge < -0.3 is 10.7 Å². The first-order chi connectivity index (χ1) is 8.22. The van der Waals surface area contributed by atoms with Gasteiger partial charge in [-0.25, -0.2) is 5.48 Å². The first kappa shape index (κ1) is 11.6. The Labute approximate surface area is 98.9 Å². The molecular formula is C12H15N3O2. The van der Waals surface area contributed by atoms with Gasteiger partial charge in [-0.2, -0.15) is 0 Å². The highest BCUT2D eigenvalue weighted by Crippen LogP contribution is 2.18. The summed E-state index contributed by atoms with van der Waals surface area (Å²) < 4.78 is 0. The molecule has 0 aliphatic carbocycles. The lowest BCUT2D eigenvalue weighted by Crippen LogP contribution is -2.41. The first-order valence-electron chi connectivity index (χ1n) is 5.36. The topological polar surface area (TPSA) is 80.1 Å². The minimum atomic E-state index is -0.617. The van der Waals surface area contributed by atoms with Gasteiger partial charge in [-0.3, -0.25) is 9.63 Å². The summed E-state index contributed by atoms with van der Waals surface area (Å²) >= 11 is 0. The number of hydrogen-bond acceptors (Lipinski definition) is 3. The Morgan fingerprint density at radius 2 is 2.29 bits per heavy atom. The number of rotatable bonds is 4. The third kappa shape index (κ3) is 2.46. The molecule has 5 heteroatoms. The van der Waals surface area contributed by atoms with Crippen molar-refractivity contribution in [1.29, 1.82) is 0 Å². The van der Waals surface area contributed by atoms with Gasteiger partial charge in [0.25, 0.3) is 5.91 Å². The molecule has 2 aromatic rings.